The molecule has 1 aliphatic rings. The molecular weight excluding hydrogens is 217 g/mol. The van der Waals surface area contributed by atoms with E-state index in [1.165, 1.54) is 19.0 Å². The molecule has 0 bridgehead atoms. The van der Waals surface area contributed by atoms with Crippen molar-refractivity contribution in [3.63, 3.8) is 0 Å². The van der Waals surface area contributed by atoms with Gasteiger partial charge in [0.15, 0.2) is 0 Å². The third kappa shape index (κ3) is 3.48. The van der Waals surface area contributed by atoms with E-state index in [1.807, 2.05) is 0 Å². The molecule has 17 heavy (non-hydrogen) atoms. The van der Waals surface area contributed by atoms with Crippen LogP contribution in [0.5, 0.6) is 0 Å². The summed E-state index contributed by atoms with van der Waals surface area (Å²) in [5.41, 5.74) is 6.51. The maximum absolute atomic E-state index is 13.0. The molecule has 1 atom stereocenters. The summed E-state index contributed by atoms with van der Waals surface area (Å²) in [6, 6.07) is 2.19. The molecule has 0 saturated carbocycles. The molecule has 3 nitrogen and oxygen atoms in total. The fourth-order valence-electron chi connectivity index (χ4n) is 2.56. The predicted molar refractivity (Wildman–Crippen MR) is 65.9 cm³/mol. The fraction of sp³-hybridized carbons (Fsp3) is 0.615. The van der Waals surface area contributed by atoms with E-state index in [0.717, 1.165) is 38.0 Å². The van der Waals surface area contributed by atoms with Gasteiger partial charge in [-0.3, -0.25) is 9.88 Å². The molecule has 1 saturated heterocycles. The van der Waals surface area contributed by atoms with Crippen LogP contribution in [-0.2, 0) is 6.54 Å². The van der Waals surface area contributed by atoms with Crippen molar-refractivity contribution < 1.29 is 4.39 Å². The zero-order valence-electron chi connectivity index (χ0n) is 10.1. The normalized spacial score (nSPS) is 20.9. The van der Waals surface area contributed by atoms with E-state index in [1.54, 1.807) is 12.3 Å². The van der Waals surface area contributed by atoms with Gasteiger partial charge in [-0.1, -0.05) is 0 Å². The van der Waals surface area contributed by atoms with Crippen molar-refractivity contribution >= 4 is 0 Å². The van der Waals surface area contributed by atoms with Crippen LogP contribution < -0.4 is 5.73 Å². The van der Waals surface area contributed by atoms with Crippen LogP contribution in [-0.4, -0.2) is 29.0 Å². The van der Waals surface area contributed by atoms with Gasteiger partial charge in [0, 0.05) is 18.8 Å². The first-order valence-electron chi connectivity index (χ1n) is 6.33. The maximum atomic E-state index is 13.0. The summed E-state index contributed by atoms with van der Waals surface area (Å²) in [6.07, 6.45) is 7.70. The van der Waals surface area contributed by atoms with Crippen molar-refractivity contribution in [2.24, 2.45) is 5.73 Å². The first-order chi connectivity index (χ1) is 8.29. The topological polar surface area (TPSA) is 42.1 Å². The average molecular weight is 237 g/mol. The van der Waals surface area contributed by atoms with Crippen molar-refractivity contribution in [2.75, 3.05) is 13.1 Å². The van der Waals surface area contributed by atoms with Crippen molar-refractivity contribution in [1.29, 1.82) is 0 Å². The SMILES string of the molecule is NCCCC1CCCN1Cc1cncc(F)c1. The van der Waals surface area contributed by atoms with Crippen molar-refractivity contribution in [2.45, 2.75) is 38.3 Å². The van der Waals surface area contributed by atoms with Crippen LogP contribution in [0.25, 0.3) is 0 Å². The number of likely N-dealkylation sites (tertiary alicyclic amines) is 1. The molecule has 1 aromatic heterocycles. The fourth-order valence-corrected chi connectivity index (χ4v) is 2.56. The van der Waals surface area contributed by atoms with Crippen LogP contribution in [0.3, 0.4) is 0 Å². The standard InChI is InChI=1S/C13H20FN3/c14-12-7-11(8-16-9-12)10-17-6-2-4-13(17)3-1-5-15/h7-9,13H,1-6,10,15H2. The third-order valence-corrected chi connectivity index (χ3v) is 3.39. The minimum Gasteiger partial charge on any atom is -0.330 e. The Kier molecular flexibility index (Phi) is 4.45. The Morgan fingerprint density at radius 3 is 3.12 bits per heavy atom. The molecule has 1 aliphatic heterocycles. The number of halogens is 1. The number of nitrogens with zero attached hydrogens (tertiary/aromatic N) is 2. The molecule has 94 valence electrons. The van der Waals surface area contributed by atoms with Crippen molar-refractivity contribution in [1.82, 2.24) is 9.88 Å². The molecule has 0 radical (unpaired) electrons. The summed E-state index contributed by atoms with van der Waals surface area (Å²) >= 11 is 0. The van der Waals surface area contributed by atoms with E-state index in [2.05, 4.69) is 9.88 Å². The van der Waals surface area contributed by atoms with Gasteiger partial charge < -0.3 is 5.73 Å². The second-order valence-electron chi connectivity index (χ2n) is 4.71. The number of pyridine rings is 1. The van der Waals surface area contributed by atoms with Gasteiger partial charge in [0.05, 0.1) is 6.20 Å². The monoisotopic (exact) mass is 237 g/mol. The van der Waals surface area contributed by atoms with Crippen LogP contribution >= 0.6 is 0 Å². The van der Waals surface area contributed by atoms with Gasteiger partial charge in [-0.25, -0.2) is 4.39 Å². The van der Waals surface area contributed by atoms with Crippen LogP contribution in [0.1, 0.15) is 31.2 Å². The lowest BCUT2D eigenvalue weighted by molar-refractivity contribution is 0.232. The van der Waals surface area contributed by atoms with Crippen molar-refractivity contribution in [3.05, 3.63) is 29.8 Å². The van der Waals surface area contributed by atoms with E-state index in [4.69, 9.17) is 5.73 Å². The molecule has 1 unspecified atom stereocenters. The Morgan fingerprint density at radius 1 is 1.47 bits per heavy atom. The van der Waals surface area contributed by atoms with Crippen LogP contribution in [0.15, 0.2) is 18.5 Å². The lowest BCUT2D eigenvalue weighted by Gasteiger charge is -2.24. The molecule has 0 spiro atoms. The molecule has 2 rings (SSSR count). The van der Waals surface area contributed by atoms with Crippen LogP contribution in [0.4, 0.5) is 4.39 Å². The minimum absolute atomic E-state index is 0.250. The van der Waals surface area contributed by atoms with E-state index < -0.39 is 0 Å². The molecule has 0 amide bonds. The van der Waals surface area contributed by atoms with E-state index in [-0.39, 0.29) is 5.82 Å². The van der Waals surface area contributed by atoms with Gasteiger partial charge in [-0.15, -0.1) is 0 Å². The van der Waals surface area contributed by atoms with E-state index in [9.17, 15) is 4.39 Å². The van der Waals surface area contributed by atoms with Gasteiger partial charge in [-0.05, 0) is 50.4 Å². The van der Waals surface area contributed by atoms with E-state index >= 15 is 0 Å². The summed E-state index contributed by atoms with van der Waals surface area (Å²) in [7, 11) is 0. The zero-order valence-corrected chi connectivity index (χ0v) is 10.1. The molecular formula is C13H20FN3. The Morgan fingerprint density at radius 2 is 2.35 bits per heavy atom. The number of aromatic nitrogens is 1. The first-order valence-corrected chi connectivity index (χ1v) is 6.33. The highest BCUT2D eigenvalue weighted by atomic mass is 19.1. The summed E-state index contributed by atoms with van der Waals surface area (Å²) in [6.45, 7) is 2.66. The Hall–Kier alpha value is -1.00. The lowest BCUT2D eigenvalue weighted by atomic mass is 10.1. The van der Waals surface area contributed by atoms with Gasteiger partial charge >= 0.3 is 0 Å². The maximum Gasteiger partial charge on any atom is 0.141 e. The smallest absolute Gasteiger partial charge is 0.141 e. The highest BCUT2D eigenvalue weighted by molar-refractivity contribution is 5.10. The summed E-state index contributed by atoms with van der Waals surface area (Å²) < 4.78 is 13.0. The van der Waals surface area contributed by atoms with Gasteiger partial charge in [-0.2, -0.15) is 0 Å². The summed E-state index contributed by atoms with van der Waals surface area (Å²) in [5, 5.41) is 0. The Balaban J connectivity index is 1.93. The highest BCUT2D eigenvalue weighted by Crippen LogP contribution is 2.23. The predicted octanol–water partition coefficient (Wildman–Crippen LogP) is 1.92. The van der Waals surface area contributed by atoms with Gasteiger partial charge in [0.25, 0.3) is 0 Å². The lowest BCUT2D eigenvalue weighted by Crippen LogP contribution is -2.29. The Bertz CT molecular complexity index is 356. The van der Waals surface area contributed by atoms with Gasteiger partial charge in [0.1, 0.15) is 5.82 Å². The molecule has 1 aromatic rings. The highest BCUT2D eigenvalue weighted by Gasteiger charge is 2.23. The van der Waals surface area contributed by atoms with Crippen molar-refractivity contribution in [3.8, 4) is 0 Å². The average Bonchev–Trinajstić information content (AvgIpc) is 2.74. The Labute approximate surface area is 102 Å². The number of hydrogen-bond donors (Lipinski definition) is 1. The third-order valence-electron chi connectivity index (χ3n) is 3.39. The quantitative estimate of drug-likeness (QED) is 0.850. The molecule has 4 heteroatoms. The molecule has 0 aromatic carbocycles. The molecule has 2 heterocycles. The van der Waals surface area contributed by atoms with Crippen LogP contribution in [0.2, 0.25) is 0 Å². The van der Waals surface area contributed by atoms with Gasteiger partial charge in [0.2, 0.25) is 0 Å². The largest absolute Gasteiger partial charge is 0.330 e. The second-order valence-corrected chi connectivity index (χ2v) is 4.71. The number of rotatable bonds is 5. The summed E-state index contributed by atoms with van der Waals surface area (Å²) in [5.74, 6) is -0.250. The molecule has 0 aliphatic carbocycles. The first kappa shape index (κ1) is 12.5. The van der Waals surface area contributed by atoms with E-state index in [0.29, 0.717) is 6.04 Å². The second kappa shape index (κ2) is 6.07. The summed E-state index contributed by atoms with van der Waals surface area (Å²) in [4.78, 5) is 6.31. The molecule has 2 N–H and O–H groups in total. The number of hydrogen-bond acceptors (Lipinski definition) is 3. The number of nitrogens with two attached hydrogens (primary N) is 1. The van der Waals surface area contributed by atoms with Crippen LogP contribution in [0, 0.1) is 5.82 Å². The molecule has 1 fully saturated rings. The zero-order chi connectivity index (χ0) is 12.1. The minimum atomic E-state index is -0.250.